The number of amides is 2. The summed E-state index contributed by atoms with van der Waals surface area (Å²) in [6, 6.07) is 12.8. The largest absolute Gasteiger partial charge is 0.361 e. The number of aromatic nitrogens is 2. The fourth-order valence-electron chi connectivity index (χ4n) is 4.46. The molecule has 1 aliphatic heterocycles. The first-order valence-electron chi connectivity index (χ1n) is 10.6. The number of pyridine rings is 1. The number of unbranched alkanes of at least 4 members (excludes halogenated alkanes) is 1. The first-order valence-corrected chi connectivity index (χ1v) is 10.6. The van der Waals surface area contributed by atoms with Gasteiger partial charge in [0.25, 0.3) is 5.91 Å². The Morgan fingerprint density at radius 1 is 1.17 bits per heavy atom. The number of hydrogen-bond acceptors (Lipinski definition) is 3. The molecule has 0 spiro atoms. The van der Waals surface area contributed by atoms with Crippen molar-refractivity contribution in [2.75, 3.05) is 6.54 Å². The molecule has 1 N–H and O–H groups in total. The molecule has 2 amide bonds. The van der Waals surface area contributed by atoms with Crippen molar-refractivity contribution in [1.29, 1.82) is 0 Å². The Hall–Kier alpha value is -3.15. The Balaban J connectivity index is 1.74. The fourth-order valence-corrected chi connectivity index (χ4v) is 4.46. The second kappa shape index (κ2) is 7.94. The van der Waals surface area contributed by atoms with Crippen LogP contribution in [0.3, 0.4) is 0 Å². The highest BCUT2D eigenvalue weighted by molar-refractivity contribution is 5.99. The Morgan fingerprint density at radius 3 is 2.67 bits per heavy atom. The van der Waals surface area contributed by atoms with Crippen LogP contribution in [0.2, 0.25) is 0 Å². The van der Waals surface area contributed by atoms with Crippen LogP contribution in [0.5, 0.6) is 0 Å². The minimum Gasteiger partial charge on any atom is -0.361 e. The Morgan fingerprint density at radius 2 is 1.93 bits per heavy atom. The van der Waals surface area contributed by atoms with E-state index in [9.17, 15) is 9.59 Å². The van der Waals surface area contributed by atoms with Gasteiger partial charge < -0.3 is 14.8 Å². The van der Waals surface area contributed by atoms with Gasteiger partial charge in [-0.25, -0.2) is 0 Å². The second-order valence-electron chi connectivity index (χ2n) is 8.31. The maximum Gasteiger partial charge on any atom is 0.274 e. The number of hydrogen-bond donors (Lipinski definition) is 1. The molecule has 0 bridgehead atoms. The third kappa shape index (κ3) is 3.36. The first-order chi connectivity index (χ1) is 14.4. The lowest BCUT2D eigenvalue weighted by Crippen LogP contribution is -2.53. The summed E-state index contributed by atoms with van der Waals surface area (Å²) in [5.74, 6) is -0.208. The molecular weight excluding hydrogens is 376 g/mol. The Labute approximate surface area is 176 Å². The van der Waals surface area contributed by atoms with E-state index in [1.165, 1.54) is 0 Å². The Bertz CT molecular complexity index is 1060. The number of rotatable bonds is 6. The summed E-state index contributed by atoms with van der Waals surface area (Å²) in [6.45, 7) is 6.65. The summed E-state index contributed by atoms with van der Waals surface area (Å²) in [5.41, 5.74) is 1.70. The van der Waals surface area contributed by atoms with Gasteiger partial charge in [0.15, 0.2) is 0 Å². The van der Waals surface area contributed by atoms with Gasteiger partial charge in [-0.15, -0.1) is 0 Å². The zero-order valence-electron chi connectivity index (χ0n) is 17.8. The number of carbonyl (C=O) groups is 2. The lowest BCUT2D eigenvalue weighted by molar-refractivity contribution is -0.131. The van der Waals surface area contributed by atoms with Crippen LogP contribution >= 0.6 is 0 Å². The molecule has 6 heteroatoms. The van der Waals surface area contributed by atoms with E-state index in [4.69, 9.17) is 0 Å². The number of nitrogens with one attached hydrogen (secondary N) is 1. The summed E-state index contributed by atoms with van der Waals surface area (Å²) in [4.78, 5) is 38.2. The molecule has 1 aromatic carbocycles. The molecule has 1 fully saturated rings. The van der Waals surface area contributed by atoms with Gasteiger partial charge in [0.05, 0.1) is 0 Å². The van der Waals surface area contributed by atoms with E-state index in [2.05, 4.69) is 16.9 Å². The van der Waals surface area contributed by atoms with Crippen LogP contribution in [-0.2, 0) is 11.2 Å². The maximum absolute atomic E-state index is 13.5. The average molecular weight is 405 g/mol. The molecule has 4 rings (SSSR count). The minimum absolute atomic E-state index is 0.00279. The molecular formula is C24H28N4O2. The van der Waals surface area contributed by atoms with Crippen LogP contribution < -0.4 is 0 Å². The van der Waals surface area contributed by atoms with Gasteiger partial charge >= 0.3 is 0 Å². The van der Waals surface area contributed by atoms with E-state index in [1.54, 1.807) is 29.3 Å². The molecule has 1 saturated heterocycles. The van der Waals surface area contributed by atoms with Crippen LogP contribution in [-0.4, -0.2) is 49.8 Å². The molecule has 30 heavy (non-hydrogen) atoms. The summed E-state index contributed by atoms with van der Waals surface area (Å²) in [6.07, 6.45) is 5.92. The van der Waals surface area contributed by atoms with E-state index in [-0.39, 0.29) is 11.8 Å². The summed E-state index contributed by atoms with van der Waals surface area (Å²) in [7, 11) is 0. The molecule has 3 aromatic rings. The number of nitrogens with zero attached hydrogens (tertiary/aromatic N) is 3. The van der Waals surface area contributed by atoms with E-state index in [0.29, 0.717) is 18.7 Å². The number of H-pyrrole nitrogens is 1. The monoisotopic (exact) mass is 404 g/mol. The highest BCUT2D eigenvalue weighted by atomic mass is 16.2. The van der Waals surface area contributed by atoms with Gasteiger partial charge in [0.1, 0.15) is 17.4 Å². The van der Waals surface area contributed by atoms with Crippen molar-refractivity contribution >= 4 is 22.7 Å². The van der Waals surface area contributed by atoms with E-state index in [1.807, 2.05) is 49.2 Å². The average Bonchev–Trinajstić information content (AvgIpc) is 3.24. The molecule has 2 aromatic heterocycles. The van der Waals surface area contributed by atoms with E-state index in [0.717, 1.165) is 29.3 Å². The molecule has 1 atom stereocenters. The fraction of sp³-hybridized carbons (Fsp3) is 0.375. The van der Waals surface area contributed by atoms with Gasteiger partial charge in [-0.1, -0.05) is 37.6 Å². The van der Waals surface area contributed by atoms with Gasteiger partial charge in [0, 0.05) is 36.3 Å². The standard InChI is InChI=1S/C24H28N4O2/c1-4-5-14-27-23(30)21(15-17-16-26-19-11-7-6-10-18(17)19)28(24(27,2)3)22(29)20-12-8-9-13-25-20/h6-13,16,21,26H,4-5,14-15H2,1-3H3/t21-/m1/s1. The number of fused-ring (bicyclic) bond motifs is 1. The van der Waals surface area contributed by atoms with Crippen LogP contribution in [0.4, 0.5) is 0 Å². The molecule has 0 radical (unpaired) electrons. The molecule has 6 nitrogen and oxygen atoms in total. The SMILES string of the molecule is CCCCN1C(=O)[C@@H](Cc2c[nH]c3ccccc23)N(C(=O)c2ccccn2)C1(C)C. The van der Waals surface area contributed by atoms with Crippen molar-refractivity contribution in [3.8, 4) is 0 Å². The topological polar surface area (TPSA) is 69.3 Å². The van der Waals surface area contributed by atoms with Crippen molar-refractivity contribution in [1.82, 2.24) is 19.8 Å². The lowest BCUT2D eigenvalue weighted by atomic mass is 10.0. The van der Waals surface area contributed by atoms with Gasteiger partial charge in [-0.05, 0) is 44.0 Å². The van der Waals surface area contributed by atoms with E-state index >= 15 is 0 Å². The smallest absolute Gasteiger partial charge is 0.274 e. The molecule has 156 valence electrons. The molecule has 0 unspecified atom stereocenters. The normalized spacial score (nSPS) is 18.4. The lowest BCUT2D eigenvalue weighted by Gasteiger charge is -2.38. The second-order valence-corrected chi connectivity index (χ2v) is 8.31. The predicted octanol–water partition coefficient (Wildman–Crippen LogP) is 3.99. The summed E-state index contributed by atoms with van der Waals surface area (Å²) >= 11 is 0. The molecule has 0 aliphatic carbocycles. The van der Waals surface area contributed by atoms with Crippen LogP contribution in [0.25, 0.3) is 10.9 Å². The third-order valence-electron chi connectivity index (χ3n) is 6.04. The molecule has 1 aliphatic rings. The van der Waals surface area contributed by atoms with E-state index < -0.39 is 11.7 Å². The van der Waals surface area contributed by atoms with Crippen molar-refractivity contribution < 1.29 is 9.59 Å². The first kappa shape index (κ1) is 20.1. The highest BCUT2D eigenvalue weighted by Crippen LogP contribution is 2.35. The van der Waals surface area contributed by atoms with Crippen LogP contribution in [0.1, 0.15) is 49.7 Å². The summed E-state index contributed by atoms with van der Waals surface area (Å²) in [5, 5.41) is 1.08. The van der Waals surface area contributed by atoms with Gasteiger partial charge in [-0.2, -0.15) is 0 Å². The minimum atomic E-state index is -0.725. The van der Waals surface area contributed by atoms with Crippen molar-refractivity contribution in [2.24, 2.45) is 0 Å². The number of carbonyl (C=O) groups excluding carboxylic acids is 2. The Kier molecular flexibility index (Phi) is 5.33. The van der Waals surface area contributed by atoms with Gasteiger partial charge in [-0.3, -0.25) is 14.6 Å². The van der Waals surface area contributed by atoms with Crippen molar-refractivity contribution in [2.45, 2.75) is 51.7 Å². The highest BCUT2D eigenvalue weighted by Gasteiger charge is 2.53. The van der Waals surface area contributed by atoms with Crippen LogP contribution in [0, 0.1) is 0 Å². The quantitative estimate of drug-likeness (QED) is 0.675. The predicted molar refractivity (Wildman–Crippen MR) is 117 cm³/mol. The number of para-hydroxylation sites is 1. The van der Waals surface area contributed by atoms with Gasteiger partial charge in [0.2, 0.25) is 5.91 Å². The molecule has 3 heterocycles. The molecule has 0 saturated carbocycles. The number of benzene rings is 1. The van der Waals surface area contributed by atoms with Crippen molar-refractivity contribution in [3.63, 3.8) is 0 Å². The summed E-state index contributed by atoms with van der Waals surface area (Å²) < 4.78 is 0. The third-order valence-corrected chi connectivity index (χ3v) is 6.04. The van der Waals surface area contributed by atoms with Crippen molar-refractivity contribution in [3.05, 3.63) is 66.1 Å². The zero-order chi connectivity index (χ0) is 21.3. The zero-order valence-corrected chi connectivity index (χ0v) is 17.8. The maximum atomic E-state index is 13.5. The number of aromatic amines is 1. The van der Waals surface area contributed by atoms with Crippen LogP contribution in [0.15, 0.2) is 54.9 Å².